The van der Waals surface area contributed by atoms with E-state index >= 15 is 0 Å². The quantitative estimate of drug-likeness (QED) is 0.275. The molecule has 0 unspecified atom stereocenters. The van der Waals surface area contributed by atoms with E-state index in [-0.39, 0.29) is 23.8 Å². The average molecular weight is 500 g/mol. The maximum Gasteiger partial charge on any atom is 0.319 e. The Morgan fingerprint density at radius 2 is 1.86 bits per heavy atom. The van der Waals surface area contributed by atoms with Crippen molar-refractivity contribution in [1.82, 2.24) is 15.0 Å². The Kier molecular flexibility index (Phi) is 7.32. The predicted molar refractivity (Wildman–Crippen MR) is 125 cm³/mol. The Balaban J connectivity index is 1.49. The second-order valence-electron chi connectivity index (χ2n) is 8.42. The third-order valence-electron chi connectivity index (χ3n) is 5.18. The summed E-state index contributed by atoms with van der Waals surface area (Å²) in [7, 11) is 0. The van der Waals surface area contributed by atoms with Crippen LogP contribution in [0.15, 0.2) is 74.7 Å². The smallest absolute Gasteiger partial charge is 0.319 e. The van der Waals surface area contributed by atoms with Gasteiger partial charge in [0.15, 0.2) is 0 Å². The van der Waals surface area contributed by atoms with E-state index in [1.54, 1.807) is 26.2 Å². The summed E-state index contributed by atoms with van der Waals surface area (Å²) >= 11 is 1.28. The molecule has 4 rings (SSSR count). The Morgan fingerprint density at radius 1 is 1.09 bits per heavy atom. The number of hydrogen-bond donors (Lipinski definition) is 1. The normalized spacial score (nSPS) is 11.8. The molecule has 0 spiro atoms. The van der Waals surface area contributed by atoms with E-state index in [2.05, 4.69) is 10.1 Å². The molecule has 182 valence electrons. The van der Waals surface area contributed by atoms with Gasteiger partial charge in [-0.2, -0.15) is 4.98 Å². The van der Waals surface area contributed by atoms with Crippen LogP contribution in [0.25, 0.3) is 11.4 Å². The van der Waals surface area contributed by atoms with E-state index in [0.717, 1.165) is 28.4 Å². The number of hydrogen-bond acceptors (Lipinski definition) is 7. The van der Waals surface area contributed by atoms with Gasteiger partial charge >= 0.3 is 5.97 Å². The molecule has 0 saturated carbocycles. The van der Waals surface area contributed by atoms with E-state index in [9.17, 15) is 18.7 Å². The molecule has 2 aromatic carbocycles. The van der Waals surface area contributed by atoms with Gasteiger partial charge in [0.05, 0.1) is 24.9 Å². The van der Waals surface area contributed by atoms with Gasteiger partial charge in [0.1, 0.15) is 22.1 Å². The zero-order valence-electron chi connectivity index (χ0n) is 19.1. The lowest BCUT2D eigenvalue weighted by Gasteiger charge is -2.20. The molecular formula is C25H23F2N3O4S. The molecule has 0 bridgehead atoms. The highest BCUT2D eigenvalue weighted by atomic mass is 32.2. The Morgan fingerprint density at radius 3 is 2.51 bits per heavy atom. The van der Waals surface area contributed by atoms with Crippen LogP contribution in [-0.2, 0) is 24.4 Å². The van der Waals surface area contributed by atoms with Gasteiger partial charge in [-0.1, -0.05) is 17.3 Å². The highest BCUT2D eigenvalue weighted by Gasteiger charge is 2.28. The number of furan rings is 1. The van der Waals surface area contributed by atoms with Gasteiger partial charge in [-0.3, -0.25) is 9.69 Å². The second-order valence-corrected chi connectivity index (χ2v) is 10.1. The molecule has 0 atom stereocenters. The summed E-state index contributed by atoms with van der Waals surface area (Å²) in [6, 6.07) is 14.5. The molecule has 2 aromatic heterocycles. The van der Waals surface area contributed by atoms with Crippen molar-refractivity contribution in [2.24, 2.45) is 0 Å². The summed E-state index contributed by atoms with van der Waals surface area (Å²) in [4.78, 5) is 18.5. The first-order chi connectivity index (χ1) is 16.7. The van der Waals surface area contributed by atoms with E-state index in [1.165, 1.54) is 17.8 Å². The SMILES string of the molecule is CC(C)(Sc1ccc(CN(Cc2ccco2)Cc2nc(-c3ccc(F)cc3F)no2)cc1)C(=O)O. The number of thioether (sulfide) groups is 1. The maximum absolute atomic E-state index is 14.1. The summed E-state index contributed by atoms with van der Waals surface area (Å²) in [6.45, 7) is 4.55. The molecule has 1 N–H and O–H groups in total. The fraction of sp³-hybridized carbons (Fsp3) is 0.240. The first-order valence-electron chi connectivity index (χ1n) is 10.7. The van der Waals surface area contributed by atoms with Gasteiger partial charge in [-0.15, -0.1) is 11.8 Å². The Labute approximate surface area is 204 Å². The zero-order chi connectivity index (χ0) is 25.0. The number of aromatic nitrogens is 2. The van der Waals surface area contributed by atoms with Gasteiger partial charge in [0.2, 0.25) is 11.7 Å². The van der Waals surface area contributed by atoms with Crippen molar-refractivity contribution in [3.8, 4) is 11.4 Å². The van der Waals surface area contributed by atoms with Crippen molar-refractivity contribution in [2.75, 3.05) is 0 Å². The van der Waals surface area contributed by atoms with Crippen molar-refractivity contribution in [3.05, 3.63) is 89.7 Å². The lowest BCUT2D eigenvalue weighted by atomic mass is 10.2. The molecule has 0 aliphatic rings. The molecule has 0 fully saturated rings. The minimum Gasteiger partial charge on any atom is -0.480 e. The van der Waals surface area contributed by atoms with E-state index < -0.39 is 22.4 Å². The summed E-state index contributed by atoms with van der Waals surface area (Å²) in [5.41, 5.74) is 1.04. The fourth-order valence-corrected chi connectivity index (χ4v) is 4.29. The molecule has 0 aliphatic carbocycles. The van der Waals surface area contributed by atoms with Gasteiger partial charge in [0, 0.05) is 17.5 Å². The fourth-order valence-electron chi connectivity index (χ4n) is 3.34. The first kappa shape index (κ1) is 24.6. The van der Waals surface area contributed by atoms with E-state index in [1.807, 2.05) is 35.2 Å². The molecule has 7 nitrogen and oxygen atoms in total. The number of nitrogens with zero attached hydrogens (tertiary/aromatic N) is 3. The molecule has 0 aliphatic heterocycles. The Bertz CT molecular complexity index is 1290. The van der Waals surface area contributed by atoms with Gasteiger partial charge in [-0.05, 0) is 55.8 Å². The zero-order valence-corrected chi connectivity index (χ0v) is 19.9. The third kappa shape index (κ3) is 6.34. The predicted octanol–water partition coefficient (Wildman–Crippen LogP) is 5.77. The lowest BCUT2D eigenvalue weighted by Crippen LogP contribution is -2.26. The van der Waals surface area contributed by atoms with Gasteiger partial charge in [0.25, 0.3) is 0 Å². The van der Waals surface area contributed by atoms with Crippen LogP contribution in [0.5, 0.6) is 0 Å². The van der Waals surface area contributed by atoms with Crippen LogP contribution in [0.1, 0.15) is 31.1 Å². The van der Waals surface area contributed by atoms with Crippen LogP contribution in [0.4, 0.5) is 8.78 Å². The number of benzene rings is 2. The standard InChI is InChI=1S/C25H23F2N3O4S/c1-25(2,24(31)32)35-19-8-5-16(6-9-19)13-30(14-18-4-3-11-33-18)15-22-28-23(29-34-22)20-10-7-17(26)12-21(20)27/h3-12H,13-15H2,1-2H3,(H,31,32). The highest BCUT2D eigenvalue weighted by molar-refractivity contribution is 8.01. The van der Waals surface area contributed by atoms with Gasteiger partial charge < -0.3 is 14.0 Å². The summed E-state index contributed by atoms with van der Waals surface area (Å²) in [6.07, 6.45) is 1.59. The van der Waals surface area contributed by atoms with E-state index in [4.69, 9.17) is 8.94 Å². The molecule has 35 heavy (non-hydrogen) atoms. The highest BCUT2D eigenvalue weighted by Crippen LogP contribution is 2.33. The van der Waals surface area contributed by atoms with Crippen molar-refractivity contribution in [2.45, 2.75) is 43.1 Å². The molecule has 10 heteroatoms. The summed E-state index contributed by atoms with van der Waals surface area (Å²) < 4.78 is 37.2. The topological polar surface area (TPSA) is 92.6 Å². The van der Waals surface area contributed by atoms with Crippen molar-refractivity contribution in [3.63, 3.8) is 0 Å². The molecule has 2 heterocycles. The second kappa shape index (κ2) is 10.4. The van der Waals surface area contributed by atoms with Crippen LogP contribution in [0.2, 0.25) is 0 Å². The maximum atomic E-state index is 14.1. The first-order valence-corrected chi connectivity index (χ1v) is 11.6. The molecular weight excluding hydrogens is 476 g/mol. The van der Waals surface area contributed by atoms with E-state index in [0.29, 0.717) is 13.1 Å². The van der Waals surface area contributed by atoms with Crippen LogP contribution >= 0.6 is 11.8 Å². The summed E-state index contributed by atoms with van der Waals surface area (Å²) in [5, 5.41) is 13.2. The van der Waals surface area contributed by atoms with Crippen LogP contribution in [-0.4, -0.2) is 30.9 Å². The minimum atomic E-state index is -0.938. The summed E-state index contributed by atoms with van der Waals surface area (Å²) in [5.74, 6) is -1.28. The number of carboxylic acids is 1. The molecule has 0 radical (unpaired) electrons. The average Bonchev–Trinajstić information content (AvgIpc) is 3.47. The van der Waals surface area contributed by atoms with Crippen LogP contribution in [0.3, 0.4) is 0 Å². The molecule has 4 aromatic rings. The van der Waals surface area contributed by atoms with Crippen molar-refractivity contribution in [1.29, 1.82) is 0 Å². The number of carboxylic acid groups (broad SMARTS) is 1. The van der Waals surface area contributed by atoms with Crippen LogP contribution < -0.4 is 0 Å². The number of halogens is 2. The largest absolute Gasteiger partial charge is 0.480 e. The minimum absolute atomic E-state index is 0.0397. The molecule has 0 amide bonds. The number of carbonyl (C=O) groups is 1. The number of aliphatic carboxylic acids is 1. The third-order valence-corrected chi connectivity index (χ3v) is 6.37. The lowest BCUT2D eigenvalue weighted by molar-refractivity contribution is -0.138. The van der Waals surface area contributed by atoms with Gasteiger partial charge in [-0.25, -0.2) is 8.78 Å². The molecule has 0 saturated heterocycles. The monoisotopic (exact) mass is 499 g/mol. The Hall–Kier alpha value is -3.50. The van der Waals surface area contributed by atoms with Crippen molar-refractivity contribution >= 4 is 17.7 Å². The van der Waals surface area contributed by atoms with Crippen molar-refractivity contribution < 1.29 is 27.6 Å². The van der Waals surface area contributed by atoms with Crippen LogP contribution in [0, 0.1) is 11.6 Å². The number of rotatable bonds is 10.